The zero-order valence-corrected chi connectivity index (χ0v) is 16.6. The summed E-state index contributed by atoms with van der Waals surface area (Å²) in [4.78, 5) is 23.3. The molecule has 156 valence electrons. The molecule has 3 rings (SSSR count). The van der Waals surface area contributed by atoms with Gasteiger partial charge in [-0.05, 0) is 29.8 Å². The molecule has 1 fully saturated rings. The summed E-state index contributed by atoms with van der Waals surface area (Å²) in [6.07, 6.45) is 1.51. The van der Waals surface area contributed by atoms with Crippen LogP contribution in [0.5, 0.6) is 0 Å². The average molecular weight is 423 g/mol. The third-order valence-corrected chi connectivity index (χ3v) is 4.97. The first kappa shape index (κ1) is 20.9. The van der Waals surface area contributed by atoms with Crippen LogP contribution in [-0.4, -0.2) is 62.4 Å². The molecule has 0 radical (unpaired) electrons. The van der Waals surface area contributed by atoms with E-state index in [9.17, 15) is 17.6 Å². The molecule has 1 aliphatic rings. The summed E-state index contributed by atoms with van der Waals surface area (Å²) in [5.74, 6) is -0.950. The van der Waals surface area contributed by atoms with Crippen LogP contribution in [0.15, 0.2) is 30.5 Å². The summed E-state index contributed by atoms with van der Waals surface area (Å²) < 4.78 is 38.7. The molecule has 1 amide bonds. The maximum Gasteiger partial charge on any atom is 0.297 e. The molecular formula is C17H22FN7O3S. The summed E-state index contributed by atoms with van der Waals surface area (Å²) in [7, 11) is -2.41. The molecule has 0 bridgehead atoms. The first-order chi connectivity index (χ1) is 13.7. The number of aromatic nitrogens is 2. The fourth-order valence-corrected chi connectivity index (χ4v) is 3.50. The normalized spacial score (nSPS) is 15.2. The molecule has 1 aliphatic heterocycles. The van der Waals surface area contributed by atoms with Crippen LogP contribution in [0.4, 0.5) is 15.9 Å². The molecule has 12 heteroatoms. The average Bonchev–Trinajstić information content (AvgIpc) is 2.67. The number of carbonyl (C=O) groups is 1. The predicted molar refractivity (Wildman–Crippen MR) is 106 cm³/mol. The van der Waals surface area contributed by atoms with Gasteiger partial charge in [0.1, 0.15) is 11.5 Å². The molecule has 0 unspecified atom stereocenters. The van der Waals surface area contributed by atoms with Gasteiger partial charge in [0.15, 0.2) is 0 Å². The van der Waals surface area contributed by atoms with Gasteiger partial charge in [0.05, 0.1) is 5.69 Å². The van der Waals surface area contributed by atoms with Crippen molar-refractivity contribution in [2.75, 3.05) is 42.8 Å². The Labute approximate surface area is 168 Å². The quantitative estimate of drug-likeness (QED) is 0.553. The lowest BCUT2D eigenvalue weighted by molar-refractivity contribution is 0.0957. The fourth-order valence-electron chi connectivity index (χ4n) is 3.10. The molecule has 0 aliphatic carbocycles. The van der Waals surface area contributed by atoms with Crippen molar-refractivity contribution in [3.05, 3.63) is 47.7 Å². The van der Waals surface area contributed by atoms with E-state index in [0.29, 0.717) is 38.4 Å². The monoisotopic (exact) mass is 423 g/mol. The largest absolute Gasteiger partial charge is 0.365 e. The lowest BCUT2D eigenvalue weighted by Gasteiger charge is -2.36. The van der Waals surface area contributed by atoms with Crippen LogP contribution in [0.3, 0.4) is 0 Å². The van der Waals surface area contributed by atoms with E-state index in [4.69, 9.17) is 5.14 Å². The van der Waals surface area contributed by atoms with Gasteiger partial charge in [-0.25, -0.2) is 15.1 Å². The topological polar surface area (TPSA) is 134 Å². The van der Waals surface area contributed by atoms with Gasteiger partial charge in [0.2, 0.25) is 5.95 Å². The van der Waals surface area contributed by atoms with Gasteiger partial charge in [-0.1, -0.05) is 0 Å². The fraction of sp³-hybridized carbons (Fsp3) is 0.353. The molecule has 4 N–H and O–H groups in total. The van der Waals surface area contributed by atoms with Crippen molar-refractivity contribution in [3.8, 4) is 0 Å². The first-order valence-corrected chi connectivity index (χ1v) is 10.4. The lowest BCUT2D eigenvalue weighted by Crippen LogP contribution is -2.46. The van der Waals surface area contributed by atoms with Gasteiger partial charge in [0, 0.05) is 46.0 Å². The second-order valence-corrected chi connectivity index (χ2v) is 7.84. The highest BCUT2D eigenvalue weighted by Gasteiger charge is 2.21. The van der Waals surface area contributed by atoms with Gasteiger partial charge >= 0.3 is 0 Å². The first-order valence-electron chi connectivity index (χ1n) is 8.86. The molecule has 0 saturated carbocycles. The van der Waals surface area contributed by atoms with E-state index in [1.165, 1.54) is 19.3 Å². The molecular weight excluding hydrogens is 401 g/mol. The molecule has 10 nitrogen and oxygen atoms in total. The highest BCUT2D eigenvalue weighted by atomic mass is 32.2. The van der Waals surface area contributed by atoms with E-state index < -0.39 is 22.1 Å². The predicted octanol–water partition coefficient (Wildman–Crippen LogP) is -0.0871. The van der Waals surface area contributed by atoms with Crippen LogP contribution in [0.1, 0.15) is 16.1 Å². The maximum absolute atomic E-state index is 14.3. The van der Waals surface area contributed by atoms with Gasteiger partial charge < -0.3 is 10.2 Å². The Bertz CT molecular complexity index is 994. The van der Waals surface area contributed by atoms with Crippen molar-refractivity contribution in [1.82, 2.24) is 20.2 Å². The second kappa shape index (κ2) is 8.68. The second-order valence-electron chi connectivity index (χ2n) is 6.55. The van der Waals surface area contributed by atoms with Gasteiger partial charge in [0.25, 0.3) is 16.1 Å². The van der Waals surface area contributed by atoms with Crippen molar-refractivity contribution in [3.63, 3.8) is 0 Å². The van der Waals surface area contributed by atoms with Crippen molar-refractivity contribution in [1.29, 1.82) is 0 Å². The highest BCUT2D eigenvalue weighted by molar-refractivity contribution is 7.90. The number of halogens is 1. The van der Waals surface area contributed by atoms with E-state index in [1.807, 2.05) is 4.90 Å². The number of anilines is 2. The SMILES string of the molecule is CNC(=O)c1ccc(N2CCN(Cc3ccnc(NS(N)(=O)=O)c3)CC2)c(F)n1. The Kier molecular flexibility index (Phi) is 6.25. The van der Waals surface area contributed by atoms with Gasteiger partial charge in [-0.15, -0.1) is 0 Å². The number of nitrogens with two attached hydrogens (primary N) is 1. The number of piperazine rings is 1. The number of carbonyl (C=O) groups excluding carboxylic acids is 1. The standard InChI is InChI=1S/C17H22FN7O3S/c1-20-17(26)13-2-3-14(16(18)22-13)25-8-6-24(7-9-25)11-12-4-5-21-15(10-12)23-29(19,27)28/h2-5,10H,6-9,11H2,1H3,(H,20,26)(H,21,23)(H2,19,27,28). The van der Waals surface area contributed by atoms with Gasteiger partial charge in [-0.3, -0.25) is 14.4 Å². The van der Waals surface area contributed by atoms with E-state index in [0.717, 1.165) is 5.56 Å². The maximum atomic E-state index is 14.3. The van der Waals surface area contributed by atoms with Crippen molar-refractivity contribution in [2.24, 2.45) is 5.14 Å². The smallest absolute Gasteiger partial charge is 0.297 e. The number of pyridine rings is 2. The number of hydrogen-bond donors (Lipinski definition) is 3. The number of nitrogens with one attached hydrogen (secondary N) is 2. The molecule has 0 spiro atoms. The zero-order valence-electron chi connectivity index (χ0n) is 15.8. The van der Waals surface area contributed by atoms with Crippen LogP contribution >= 0.6 is 0 Å². The van der Waals surface area contributed by atoms with Crippen LogP contribution in [0.25, 0.3) is 0 Å². The minimum Gasteiger partial charge on any atom is -0.365 e. The summed E-state index contributed by atoms with van der Waals surface area (Å²) in [5, 5.41) is 7.38. The minimum absolute atomic E-state index is 0.0361. The summed E-state index contributed by atoms with van der Waals surface area (Å²) in [6.45, 7) is 3.12. The van der Waals surface area contributed by atoms with E-state index >= 15 is 0 Å². The highest BCUT2D eigenvalue weighted by Crippen LogP contribution is 2.21. The van der Waals surface area contributed by atoms with Gasteiger partial charge in [-0.2, -0.15) is 12.8 Å². The number of rotatable bonds is 6. The molecule has 3 heterocycles. The van der Waals surface area contributed by atoms with Crippen molar-refractivity contribution < 1.29 is 17.6 Å². The van der Waals surface area contributed by atoms with Crippen LogP contribution in [-0.2, 0) is 16.8 Å². The van der Waals surface area contributed by atoms with Crippen molar-refractivity contribution in [2.45, 2.75) is 6.54 Å². The van der Waals surface area contributed by atoms with Crippen LogP contribution in [0, 0.1) is 5.95 Å². The summed E-state index contributed by atoms with van der Waals surface area (Å²) >= 11 is 0. The molecule has 2 aromatic heterocycles. The van der Waals surface area contributed by atoms with Crippen molar-refractivity contribution >= 4 is 27.6 Å². The van der Waals surface area contributed by atoms with Crippen LogP contribution in [0.2, 0.25) is 0 Å². The molecule has 29 heavy (non-hydrogen) atoms. The lowest BCUT2D eigenvalue weighted by atomic mass is 10.2. The Hall–Kier alpha value is -2.83. The minimum atomic E-state index is -3.88. The molecule has 0 atom stereocenters. The Morgan fingerprint density at radius 3 is 2.59 bits per heavy atom. The number of hydrogen-bond acceptors (Lipinski definition) is 7. The van der Waals surface area contributed by atoms with E-state index in [-0.39, 0.29) is 11.5 Å². The summed E-state index contributed by atoms with van der Waals surface area (Å²) in [6, 6.07) is 6.48. The Balaban J connectivity index is 1.60. The third-order valence-electron chi connectivity index (χ3n) is 4.48. The summed E-state index contributed by atoms with van der Waals surface area (Å²) in [5.41, 5.74) is 1.28. The number of nitrogens with zero attached hydrogens (tertiary/aromatic N) is 4. The Morgan fingerprint density at radius 2 is 1.97 bits per heavy atom. The molecule has 1 saturated heterocycles. The Morgan fingerprint density at radius 1 is 1.24 bits per heavy atom. The molecule has 2 aromatic rings. The zero-order chi connectivity index (χ0) is 21.0. The third kappa shape index (κ3) is 5.59. The van der Waals surface area contributed by atoms with E-state index in [1.54, 1.807) is 18.2 Å². The molecule has 0 aromatic carbocycles. The van der Waals surface area contributed by atoms with E-state index in [2.05, 4.69) is 24.9 Å². The number of amides is 1. The van der Waals surface area contributed by atoms with Crippen LogP contribution < -0.4 is 20.1 Å².